The van der Waals surface area contributed by atoms with Gasteiger partial charge in [0.2, 0.25) is 10.0 Å². The first-order valence-electron chi connectivity index (χ1n) is 6.68. The highest BCUT2D eigenvalue weighted by Crippen LogP contribution is 2.31. The number of halogens is 1. The first-order valence-corrected chi connectivity index (χ1v) is 8.54. The Balaban J connectivity index is 2.05. The predicted octanol–water partition coefficient (Wildman–Crippen LogP) is 3.38. The third kappa shape index (κ3) is 2.48. The highest BCUT2D eigenvalue weighted by atomic mass is 35.5. The fourth-order valence-corrected chi connectivity index (χ4v) is 3.68. The molecule has 0 aliphatic carbocycles. The molecule has 0 saturated carbocycles. The average Bonchev–Trinajstić information content (AvgIpc) is 2.51. The molecule has 0 fully saturated rings. The zero-order valence-electron chi connectivity index (χ0n) is 11.8. The maximum absolute atomic E-state index is 12.7. The fraction of sp³-hybridized carbons (Fsp3) is 0.200. The molecule has 1 aliphatic heterocycles. The normalized spacial score (nSPS) is 21.2. The molecule has 1 unspecified atom stereocenters. The summed E-state index contributed by atoms with van der Waals surface area (Å²) in [6.07, 6.45) is 6.74. The molecule has 2 heterocycles. The number of hydrogen-bond donors (Lipinski definition) is 1. The Bertz CT molecular complexity index is 893. The summed E-state index contributed by atoms with van der Waals surface area (Å²) in [5.74, 6) is 0. The van der Waals surface area contributed by atoms with Gasteiger partial charge in [0, 0.05) is 24.0 Å². The van der Waals surface area contributed by atoms with E-state index in [0.717, 1.165) is 0 Å². The molecule has 1 N–H and O–H groups in total. The molecule has 0 bridgehead atoms. The van der Waals surface area contributed by atoms with Crippen molar-refractivity contribution < 1.29 is 8.42 Å². The molecule has 0 spiro atoms. The maximum Gasteiger partial charge on any atom is 0.243 e. The lowest BCUT2D eigenvalue weighted by molar-refractivity contribution is 0.577. The lowest BCUT2D eigenvalue weighted by Crippen LogP contribution is -2.41. The van der Waals surface area contributed by atoms with E-state index < -0.39 is 14.8 Å². The maximum atomic E-state index is 12.7. The standard InChI is InChI=1S/C15H14ClN3O2S/c1-15(7-3-8-17-10-15)22(20,21)19-13-6-5-12(16)11-4-2-9-18-14(11)13/h2-6,8-10,19H,7H2,1H3. The number of allylic oxidation sites excluding steroid dienone is 1. The molecule has 1 atom stereocenters. The van der Waals surface area contributed by atoms with E-state index in [2.05, 4.69) is 14.7 Å². The molecule has 5 nitrogen and oxygen atoms in total. The molecule has 0 radical (unpaired) electrons. The number of aromatic nitrogens is 1. The summed E-state index contributed by atoms with van der Waals surface area (Å²) in [6.45, 7) is 1.63. The molecule has 1 aromatic carbocycles. The minimum absolute atomic E-state index is 0.366. The van der Waals surface area contributed by atoms with Gasteiger partial charge in [0.1, 0.15) is 4.75 Å². The minimum atomic E-state index is -3.67. The van der Waals surface area contributed by atoms with Crippen molar-refractivity contribution in [1.82, 2.24) is 4.98 Å². The third-order valence-corrected chi connectivity index (χ3v) is 5.96. The van der Waals surface area contributed by atoms with Crippen LogP contribution in [0.15, 0.2) is 47.7 Å². The summed E-state index contributed by atoms with van der Waals surface area (Å²) >= 11 is 6.13. The van der Waals surface area contributed by atoms with Crippen molar-refractivity contribution in [2.45, 2.75) is 18.1 Å². The second kappa shape index (κ2) is 5.37. The van der Waals surface area contributed by atoms with Crippen molar-refractivity contribution in [1.29, 1.82) is 0 Å². The summed E-state index contributed by atoms with van der Waals surface area (Å²) in [4.78, 5) is 8.19. The van der Waals surface area contributed by atoms with Gasteiger partial charge < -0.3 is 0 Å². The summed E-state index contributed by atoms with van der Waals surface area (Å²) in [7, 11) is -3.67. The lowest BCUT2D eigenvalue weighted by Gasteiger charge is -2.26. The topological polar surface area (TPSA) is 71.4 Å². The molecule has 0 saturated heterocycles. The van der Waals surface area contributed by atoms with Gasteiger partial charge in [0.05, 0.1) is 16.2 Å². The number of sulfonamides is 1. The Morgan fingerprint density at radius 2 is 2.14 bits per heavy atom. The number of anilines is 1. The smallest absolute Gasteiger partial charge is 0.243 e. The van der Waals surface area contributed by atoms with Crippen LogP contribution in [0.1, 0.15) is 13.3 Å². The van der Waals surface area contributed by atoms with E-state index in [-0.39, 0.29) is 0 Å². The zero-order chi connectivity index (χ0) is 15.8. The van der Waals surface area contributed by atoms with Crippen LogP contribution in [0.4, 0.5) is 5.69 Å². The van der Waals surface area contributed by atoms with Gasteiger partial charge in [0.25, 0.3) is 0 Å². The van der Waals surface area contributed by atoms with Crippen molar-refractivity contribution in [2.75, 3.05) is 4.72 Å². The van der Waals surface area contributed by atoms with Gasteiger partial charge in [-0.1, -0.05) is 17.7 Å². The summed E-state index contributed by atoms with van der Waals surface area (Å²) in [5.41, 5.74) is 0.926. The van der Waals surface area contributed by atoms with Crippen molar-refractivity contribution in [3.63, 3.8) is 0 Å². The number of pyridine rings is 1. The average molecular weight is 336 g/mol. The van der Waals surface area contributed by atoms with Crippen LogP contribution in [0.2, 0.25) is 5.02 Å². The first-order chi connectivity index (χ1) is 10.4. The molecular weight excluding hydrogens is 322 g/mol. The quantitative estimate of drug-likeness (QED) is 0.934. The van der Waals surface area contributed by atoms with Crippen LogP contribution in [0.5, 0.6) is 0 Å². The molecular formula is C15H14ClN3O2S. The van der Waals surface area contributed by atoms with Gasteiger partial charge >= 0.3 is 0 Å². The molecule has 3 rings (SSSR count). The summed E-state index contributed by atoms with van der Waals surface area (Å²) in [6, 6.07) is 6.83. The van der Waals surface area contributed by atoms with Gasteiger partial charge in [-0.2, -0.15) is 0 Å². The van der Waals surface area contributed by atoms with Crippen LogP contribution in [-0.4, -0.2) is 24.4 Å². The molecule has 2 aromatic rings. The Hall–Kier alpha value is -1.92. The Morgan fingerprint density at radius 3 is 2.86 bits per heavy atom. The third-order valence-electron chi connectivity index (χ3n) is 3.64. The fourth-order valence-electron chi connectivity index (χ4n) is 2.26. The van der Waals surface area contributed by atoms with Crippen LogP contribution in [0.25, 0.3) is 10.9 Å². The largest absolute Gasteiger partial charge is 0.281 e. The van der Waals surface area contributed by atoms with Gasteiger partial charge in [0.15, 0.2) is 0 Å². The van der Waals surface area contributed by atoms with Crippen molar-refractivity contribution in [3.8, 4) is 0 Å². The Morgan fingerprint density at radius 1 is 1.32 bits per heavy atom. The zero-order valence-corrected chi connectivity index (χ0v) is 13.4. The number of nitrogens with one attached hydrogen (secondary N) is 1. The number of hydrogen-bond acceptors (Lipinski definition) is 4. The number of fused-ring (bicyclic) bond motifs is 1. The highest BCUT2D eigenvalue weighted by Gasteiger charge is 2.38. The van der Waals surface area contributed by atoms with E-state index in [1.54, 1.807) is 49.7 Å². The van der Waals surface area contributed by atoms with E-state index >= 15 is 0 Å². The SMILES string of the molecule is CC1(S(=O)(=O)Nc2ccc(Cl)c3cccnc23)C=NC=CC1. The van der Waals surface area contributed by atoms with Crippen LogP contribution in [0.3, 0.4) is 0 Å². The highest BCUT2D eigenvalue weighted by molar-refractivity contribution is 7.94. The van der Waals surface area contributed by atoms with Crippen molar-refractivity contribution in [2.24, 2.45) is 4.99 Å². The molecule has 114 valence electrons. The monoisotopic (exact) mass is 335 g/mol. The van der Waals surface area contributed by atoms with E-state index in [1.807, 2.05) is 0 Å². The van der Waals surface area contributed by atoms with Crippen LogP contribution in [0, 0.1) is 0 Å². The number of rotatable bonds is 3. The molecule has 1 aliphatic rings. The van der Waals surface area contributed by atoms with Crippen LogP contribution < -0.4 is 4.72 Å². The molecule has 22 heavy (non-hydrogen) atoms. The number of aliphatic imine (C=N–C) groups is 1. The minimum Gasteiger partial charge on any atom is -0.281 e. The molecule has 1 aromatic heterocycles. The van der Waals surface area contributed by atoms with Gasteiger partial charge in [-0.3, -0.25) is 14.7 Å². The summed E-state index contributed by atoms with van der Waals surface area (Å²) in [5, 5.41) is 1.23. The van der Waals surface area contributed by atoms with Gasteiger partial charge in [-0.05, 0) is 37.6 Å². The second-order valence-corrected chi connectivity index (χ2v) is 7.83. The molecule has 0 amide bonds. The predicted molar refractivity (Wildman–Crippen MR) is 89.9 cm³/mol. The van der Waals surface area contributed by atoms with Gasteiger partial charge in [-0.25, -0.2) is 8.42 Å². The van der Waals surface area contributed by atoms with Crippen LogP contribution >= 0.6 is 11.6 Å². The van der Waals surface area contributed by atoms with E-state index in [9.17, 15) is 8.42 Å². The first kappa shape index (κ1) is 15.0. The Labute approximate surface area is 133 Å². The molecule has 7 heteroatoms. The van der Waals surface area contributed by atoms with E-state index in [1.165, 1.54) is 6.21 Å². The van der Waals surface area contributed by atoms with Crippen molar-refractivity contribution in [3.05, 3.63) is 47.8 Å². The van der Waals surface area contributed by atoms with Crippen LogP contribution in [-0.2, 0) is 10.0 Å². The Kier molecular flexibility index (Phi) is 3.66. The number of nitrogens with zero attached hydrogens (tertiary/aromatic N) is 2. The van der Waals surface area contributed by atoms with Crippen molar-refractivity contribution >= 4 is 44.4 Å². The summed E-state index contributed by atoms with van der Waals surface area (Å²) < 4.78 is 26.9. The van der Waals surface area contributed by atoms with E-state index in [4.69, 9.17) is 11.6 Å². The lowest BCUT2D eigenvalue weighted by atomic mass is 10.1. The van der Waals surface area contributed by atoms with E-state index in [0.29, 0.717) is 28.0 Å². The second-order valence-electron chi connectivity index (χ2n) is 5.28. The number of benzene rings is 1. The van der Waals surface area contributed by atoms with Gasteiger partial charge in [-0.15, -0.1) is 0 Å².